The molecular weight excluding hydrogens is 583 g/mol. The maximum atomic E-state index is 14.3. The number of fused-ring (bicyclic) bond motifs is 3. The van der Waals surface area contributed by atoms with Gasteiger partial charge in [0.25, 0.3) is 0 Å². The molecule has 1 radical (unpaired) electrons. The monoisotopic (exact) mass is 619 g/mol. The van der Waals surface area contributed by atoms with E-state index in [4.69, 9.17) is 13.2 Å². The van der Waals surface area contributed by atoms with Crippen LogP contribution in [-0.2, 0) is 22.6 Å². The number of likely N-dealkylation sites (N-methyl/N-ethyl adjacent to an activating group) is 1. The number of halogens is 3. The summed E-state index contributed by atoms with van der Waals surface area (Å²) in [5.41, 5.74) is 6.66. The second kappa shape index (κ2) is 10.6. The fourth-order valence-electron chi connectivity index (χ4n) is 7.82. The van der Waals surface area contributed by atoms with Crippen molar-refractivity contribution >= 4 is 45.3 Å². The van der Waals surface area contributed by atoms with Gasteiger partial charge in [-0.3, -0.25) is 0 Å². The fraction of sp³-hybridized carbons (Fsp3) is 0.552. The average molecular weight is 619 g/mol. The number of rotatable bonds is 5. The normalized spacial score (nSPS) is 29.6. The molecule has 1 unspecified atom stereocenters. The van der Waals surface area contributed by atoms with Crippen LogP contribution in [0.2, 0.25) is 0 Å². The van der Waals surface area contributed by atoms with Gasteiger partial charge >= 0.3 is 225 Å². The molecule has 5 rings (SSSR count). The molecule has 14 heteroatoms. The van der Waals surface area contributed by atoms with Crippen molar-refractivity contribution in [2.45, 2.75) is 55.6 Å². The van der Waals surface area contributed by atoms with E-state index < -0.39 is 52.7 Å². The summed E-state index contributed by atoms with van der Waals surface area (Å²) < 4.78 is 41.2. The summed E-state index contributed by atoms with van der Waals surface area (Å²) in [6.07, 6.45) is -3.53. The first-order valence-electron chi connectivity index (χ1n) is 14.1. The number of aromatic hydroxyl groups is 1. The van der Waals surface area contributed by atoms with Crippen LogP contribution in [0.4, 0.5) is 18.9 Å². The van der Waals surface area contributed by atoms with Crippen LogP contribution in [-0.4, -0.2) is 108 Å². The minimum atomic E-state index is -4.38. The number of nitrogens with two attached hydrogens (primary N) is 1. The van der Waals surface area contributed by atoms with Crippen molar-refractivity contribution in [3.63, 3.8) is 0 Å². The predicted molar refractivity (Wildman–Crippen MR) is 161 cm³/mol. The number of phenols is 1. The molecule has 3 aliphatic carbocycles. The van der Waals surface area contributed by atoms with Gasteiger partial charge in [-0.15, -0.1) is 0 Å². The number of nitrogens with zero attached hydrogens (tertiary/aromatic N) is 3. The Labute approximate surface area is 251 Å². The number of hydrogen-bond acceptors (Lipinski definition) is 8. The number of amides is 1. The van der Waals surface area contributed by atoms with Gasteiger partial charge in [0.1, 0.15) is 0 Å². The molecule has 1 heterocycles. The molecule has 1 saturated carbocycles. The zero-order valence-corrected chi connectivity index (χ0v) is 25.6. The molecular formula is C29H36BF3N4O5P. The summed E-state index contributed by atoms with van der Waals surface area (Å²) in [5.74, 6) is -3.89. The number of carbonyl (C=O) groups is 2. The number of Topliss-reactive ketones (excluding diaryl/α,β-unsaturated/α-hetero) is 1. The fourth-order valence-corrected chi connectivity index (χ4v) is 8.44. The Bertz CT molecular complexity index is 1490. The third-order valence-corrected chi connectivity index (χ3v) is 10.6. The first kappa shape index (κ1) is 31.5. The van der Waals surface area contributed by atoms with E-state index in [9.17, 15) is 38.1 Å². The molecule has 1 aliphatic heterocycles. The Morgan fingerprint density at radius 3 is 2.44 bits per heavy atom. The van der Waals surface area contributed by atoms with Crippen LogP contribution in [0, 0.1) is 11.8 Å². The Morgan fingerprint density at radius 1 is 1.23 bits per heavy atom. The van der Waals surface area contributed by atoms with E-state index in [1.807, 2.05) is 0 Å². The van der Waals surface area contributed by atoms with Gasteiger partial charge in [-0.05, 0) is 12.8 Å². The van der Waals surface area contributed by atoms with Crippen molar-refractivity contribution in [2.24, 2.45) is 17.6 Å². The second-order valence-corrected chi connectivity index (χ2v) is 13.4. The molecule has 1 saturated heterocycles. The number of carbonyl (C=O) groups excluding carboxylic acids is 2. The number of aliphatic hydroxyl groups is 2. The van der Waals surface area contributed by atoms with Crippen LogP contribution in [0.25, 0.3) is 5.76 Å². The van der Waals surface area contributed by atoms with Crippen molar-refractivity contribution in [3.05, 3.63) is 39.7 Å². The van der Waals surface area contributed by atoms with Crippen molar-refractivity contribution in [2.75, 3.05) is 39.6 Å². The first-order chi connectivity index (χ1) is 19.9. The van der Waals surface area contributed by atoms with E-state index in [1.54, 1.807) is 38.0 Å². The van der Waals surface area contributed by atoms with E-state index >= 15 is 0 Å². The number of benzene rings is 1. The maximum absolute atomic E-state index is 14.3. The minimum absolute atomic E-state index is 0.00108. The number of ketones is 1. The van der Waals surface area contributed by atoms with Gasteiger partial charge in [0.2, 0.25) is 0 Å². The summed E-state index contributed by atoms with van der Waals surface area (Å²) >= 11 is 0. The van der Waals surface area contributed by atoms with E-state index in [1.165, 1.54) is 11.0 Å². The van der Waals surface area contributed by atoms with Crippen molar-refractivity contribution in [1.82, 2.24) is 9.80 Å². The molecule has 1 aromatic carbocycles. The molecule has 2 fully saturated rings. The molecule has 9 nitrogen and oxygen atoms in total. The summed E-state index contributed by atoms with van der Waals surface area (Å²) in [6, 6.07) is -1.03. The molecule has 0 bridgehead atoms. The number of primary amides is 1. The summed E-state index contributed by atoms with van der Waals surface area (Å²) in [7, 11) is 15.7. The number of aliphatic hydroxyl groups excluding tert-OH is 2. The Morgan fingerprint density at radius 2 is 1.88 bits per heavy atom. The number of likely N-dealkylation sites (tertiary alicyclic amines) is 1. The van der Waals surface area contributed by atoms with Gasteiger partial charge in [-0.25, -0.2) is 0 Å². The number of hydrogen-bond donors (Lipinski definition) is 4. The Hall–Kier alpha value is -2.89. The summed E-state index contributed by atoms with van der Waals surface area (Å²) in [6.45, 7) is 0.201. The number of allylic oxidation sites excluding steroid dienone is 1. The van der Waals surface area contributed by atoms with Gasteiger partial charge in [0, 0.05) is 0 Å². The van der Waals surface area contributed by atoms with E-state index in [2.05, 4.69) is 9.24 Å². The first-order valence-corrected chi connectivity index (χ1v) is 14.7. The molecule has 5 N–H and O–H groups in total. The second-order valence-electron chi connectivity index (χ2n) is 12.5. The van der Waals surface area contributed by atoms with Gasteiger partial charge in [0.15, 0.2) is 0 Å². The van der Waals surface area contributed by atoms with Gasteiger partial charge < -0.3 is 0 Å². The Kier molecular flexibility index (Phi) is 7.80. The number of phenolic OH excluding ortho intramolecular Hbond substituents is 1. The molecule has 0 spiro atoms. The van der Waals surface area contributed by atoms with Crippen LogP contribution >= 0.6 is 9.24 Å². The number of anilines is 1. The van der Waals surface area contributed by atoms with E-state index in [-0.39, 0.29) is 66.0 Å². The predicted octanol–water partition coefficient (Wildman–Crippen LogP) is 2.21. The molecule has 1 aromatic rings. The SMILES string of the molecule is [B]=C1C(C(N)=O)=C(O)[C@@H](N(C)C)[C@@H]2C[C@@H]3Cc4c(c(O)cc(CN5CCC[C@H]5C(F)(F)F)c4N(C)C)C(O)=C3C(=O)[C@]12P. The van der Waals surface area contributed by atoms with Crippen molar-refractivity contribution < 1.29 is 38.1 Å². The summed E-state index contributed by atoms with van der Waals surface area (Å²) in [4.78, 5) is 31.5. The average Bonchev–Trinajstić information content (AvgIpc) is 3.34. The van der Waals surface area contributed by atoms with Gasteiger partial charge in [-0.1, -0.05) is 0 Å². The van der Waals surface area contributed by atoms with Crippen molar-refractivity contribution in [1.29, 1.82) is 0 Å². The van der Waals surface area contributed by atoms with E-state index in [0.29, 0.717) is 23.2 Å². The quantitative estimate of drug-likeness (QED) is 0.292. The molecule has 231 valence electrons. The van der Waals surface area contributed by atoms with Gasteiger partial charge in [-0.2, -0.15) is 13.2 Å². The van der Waals surface area contributed by atoms with Crippen molar-refractivity contribution in [3.8, 4) is 5.75 Å². The van der Waals surface area contributed by atoms with Crippen LogP contribution in [0.3, 0.4) is 0 Å². The molecule has 43 heavy (non-hydrogen) atoms. The standard InChI is InChI=1S/C29H36BF3N4O5P/c1-35(2)21-13(11-37-7-5-6-17(37)29(31,32)33)10-16(38)19-14(21)8-12-9-15-22(36(3)4)24(40)20(27(34)42)25(30)28(15,43)26(41)18(12)23(19)39/h10,12,15,17,22,38-40H,5-9,11,43H2,1-4H3,(H2,34,42)/t12-,15-,17-,22-,28+/m0/s1. The molecule has 0 aromatic heterocycles. The van der Waals surface area contributed by atoms with Crippen LogP contribution in [0.15, 0.2) is 23.0 Å². The topological polar surface area (TPSA) is 131 Å². The van der Waals surface area contributed by atoms with Crippen LogP contribution in [0.1, 0.15) is 36.0 Å². The van der Waals surface area contributed by atoms with E-state index in [0.717, 1.165) is 0 Å². The van der Waals surface area contributed by atoms with Crippen LogP contribution in [0.5, 0.6) is 5.75 Å². The summed E-state index contributed by atoms with van der Waals surface area (Å²) in [5, 5.41) is 32.4. The zero-order chi connectivity index (χ0) is 31.9. The third kappa shape index (κ3) is 4.70. The van der Waals surface area contributed by atoms with Crippen LogP contribution < -0.4 is 10.6 Å². The molecule has 1 amide bonds. The Balaban J connectivity index is 1.65. The third-order valence-electron chi connectivity index (χ3n) is 9.55. The zero-order valence-electron chi connectivity index (χ0n) is 24.5. The number of alkyl halides is 3. The molecule has 6 atom stereocenters. The van der Waals surface area contributed by atoms with Gasteiger partial charge in [0.05, 0.1) is 0 Å². The molecule has 4 aliphatic rings.